The summed E-state index contributed by atoms with van der Waals surface area (Å²) in [6, 6.07) is 4.06. The maximum absolute atomic E-state index is 12.8. The van der Waals surface area contributed by atoms with Crippen molar-refractivity contribution in [2.75, 3.05) is 0 Å². The quantitative estimate of drug-likeness (QED) is 0.828. The van der Waals surface area contributed by atoms with Gasteiger partial charge in [-0.2, -0.15) is 0 Å². The number of nitrogens with one attached hydrogen (secondary N) is 1. The molecule has 3 amide bonds. The van der Waals surface area contributed by atoms with Gasteiger partial charge in [0.15, 0.2) is 0 Å². The van der Waals surface area contributed by atoms with Gasteiger partial charge in [-0.1, -0.05) is 6.07 Å². The molecule has 3 aliphatic heterocycles. The number of benzene rings is 1. The summed E-state index contributed by atoms with van der Waals surface area (Å²) in [7, 11) is 0. The Morgan fingerprint density at radius 1 is 1.04 bits per heavy atom. The Balaban J connectivity index is 1.59. The van der Waals surface area contributed by atoms with Crippen LogP contribution in [0.2, 0.25) is 0 Å². The highest BCUT2D eigenvalue weighted by Gasteiger charge is 2.40. The Morgan fingerprint density at radius 2 is 1.75 bits per heavy atom. The third-order valence-corrected chi connectivity index (χ3v) is 5.32. The second kappa shape index (κ2) is 5.41. The minimum Gasteiger partial charge on any atom is -0.322 e. The number of carbonyl (C=O) groups is 3. The van der Waals surface area contributed by atoms with E-state index in [1.54, 1.807) is 4.90 Å². The number of amides is 3. The predicted octanol–water partition coefficient (Wildman–Crippen LogP) is 1.17. The lowest BCUT2D eigenvalue weighted by Gasteiger charge is -2.29. The van der Waals surface area contributed by atoms with Gasteiger partial charge < -0.3 is 4.90 Å². The molecule has 126 valence electrons. The third kappa shape index (κ3) is 2.33. The van der Waals surface area contributed by atoms with Crippen molar-refractivity contribution in [3.63, 3.8) is 0 Å². The van der Waals surface area contributed by atoms with Crippen LogP contribution < -0.4 is 5.32 Å². The van der Waals surface area contributed by atoms with Gasteiger partial charge >= 0.3 is 0 Å². The molecule has 1 N–H and O–H groups in total. The summed E-state index contributed by atoms with van der Waals surface area (Å²) in [4.78, 5) is 40.2. The molecule has 0 aromatic heterocycles. The van der Waals surface area contributed by atoms with Crippen LogP contribution in [-0.4, -0.2) is 39.6 Å². The molecule has 3 heterocycles. The first kappa shape index (κ1) is 15.3. The Morgan fingerprint density at radius 3 is 2.42 bits per heavy atom. The van der Waals surface area contributed by atoms with Crippen molar-refractivity contribution in [1.82, 2.24) is 15.1 Å². The first-order valence-electron chi connectivity index (χ1n) is 8.47. The van der Waals surface area contributed by atoms with Crippen LogP contribution in [0, 0.1) is 0 Å². The number of rotatable bonds is 2. The van der Waals surface area contributed by atoms with E-state index in [0.29, 0.717) is 24.6 Å². The summed E-state index contributed by atoms with van der Waals surface area (Å²) < 4.78 is 0. The molecule has 0 saturated carbocycles. The molecule has 0 bridgehead atoms. The van der Waals surface area contributed by atoms with Crippen LogP contribution in [0.25, 0.3) is 0 Å². The molecule has 1 saturated heterocycles. The van der Waals surface area contributed by atoms with Gasteiger partial charge in [0.05, 0.1) is 0 Å². The van der Waals surface area contributed by atoms with Gasteiger partial charge in [0.1, 0.15) is 6.04 Å². The zero-order chi connectivity index (χ0) is 17.0. The third-order valence-electron chi connectivity index (χ3n) is 5.32. The van der Waals surface area contributed by atoms with Crippen LogP contribution in [0.15, 0.2) is 12.1 Å². The molecular formula is C18H21N3O3. The summed E-state index contributed by atoms with van der Waals surface area (Å²) >= 11 is 0. The van der Waals surface area contributed by atoms with E-state index in [-0.39, 0.29) is 24.1 Å². The fourth-order valence-electron chi connectivity index (χ4n) is 3.86. The van der Waals surface area contributed by atoms with Crippen molar-refractivity contribution < 1.29 is 14.4 Å². The molecule has 0 spiro atoms. The van der Waals surface area contributed by atoms with E-state index in [9.17, 15) is 14.4 Å². The Bertz CT molecular complexity index is 756. The van der Waals surface area contributed by atoms with Crippen molar-refractivity contribution >= 4 is 17.7 Å². The second-order valence-corrected chi connectivity index (χ2v) is 7.18. The van der Waals surface area contributed by atoms with Crippen molar-refractivity contribution in [3.05, 3.63) is 34.4 Å². The monoisotopic (exact) mass is 327 g/mol. The minimum atomic E-state index is -0.537. The van der Waals surface area contributed by atoms with E-state index in [1.807, 2.05) is 6.07 Å². The number of imide groups is 1. The van der Waals surface area contributed by atoms with Crippen molar-refractivity contribution in [3.8, 4) is 0 Å². The number of piperidine rings is 1. The highest BCUT2D eigenvalue weighted by molar-refractivity contribution is 6.05. The number of carbonyl (C=O) groups excluding carboxylic acids is 3. The lowest BCUT2D eigenvalue weighted by molar-refractivity contribution is -0.136. The molecule has 0 aliphatic carbocycles. The average Bonchev–Trinajstić information content (AvgIpc) is 3.07. The maximum atomic E-state index is 12.8. The van der Waals surface area contributed by atoms with Gasteiger partial charge in [-0.15, -0.1) is 0 Å². The Kier molecular flexibility index (Phi) is 3.46. The first-order valence-corrected chi connectivity index (χ1v) is 8.47. The first-order chi connectivity index (χ1) is 11.4. The molecular weight excluding hydrogens is 306 g/mol. The summed E-state index contributed by atoms with van der Waals surface area (Å²) in [5.41, 5.74) is 4.19. The zero-order valence-electron chi connectivity index (χ0n) is 14.0. The van der Waals surface area contributed by atoms with Crippen LogP contribution in [0.1, 0.15) is 53.7 Å². The summed E-state index contributed by atoms with van der Waals surface area (Å²) in [6.45, 7) is 6.58. The second-order valence-electron chi connectivity index (χ2n) is 7.18. The number of fused-ring (bicyclic) bond motifs is 2. The molecule has 1 unspecified atom stereocenters. The average molecular weight is 327 g/mol. The highest BCUT2D eigenvalue weighted by atomic mass is 16.2. The van der Waals surface area contributed by atoms with Crippen LogP contribution in [0.4, 0.5) is 0 Å². The standard InChI is InChI=1S/C18H21N3O3/c1-10(2)20-7-11-5-13-9-21(15-3-4-16(22)19-17(15)23)18(24)14(13)6-12(11)8-20/h5-6,10,15H,3-4,7-9H2,1-2H3,(H,19,22,23). The fraction of sp³-hybridized carbons (Fsp3) is 0.500. The van der Waals surface area contributed by atoms with Crippen LogP contribution in [0.5, 0.6) is 0 Å². The number of hydrogen-bond acceptors (Lipinski definition) is 4. The van der Waals surface area contributed by atoms with Crippen LogP contribution >= 0.6 is 0 Å². The molecule has 4 rings (SSSR count). The molecule has 1 aromatic carbocycles. The van der Waals surface area contributed by atoms with Crippen molar-refractivity contribution in [1.29, 1.82) is 0 Å². The van der Waals surface area contributed by atoms with Gasteiger partial charge in [0.25, 0.3) is 5.91 Å². The Labute approximate surface area is 140 Å². The molecule has 24 heavy (non-hydrogen) atoms. The van der Waals surface area contributed by atoms with Crippen molar-refractivity contribution in [2.45, 2.75) is 58.4 Å². The largest absolute Gasteiger partial charge is 0.322 e. The molecule has 1 fully saturated rings. The van der Waals surface area contributed by atoms with E-state index in [0.717, 1.165) is 18.7 Å². The molecule has 1 atom stereocenters. The summed E-state index contributed by atoms with van der Waals surface area (Å²) in [5.74, 6) is -0.704. The van der Waals surface area contributed by atoms with E-state index in [1.165, 1.54) is 11.1 Å². The number of hydrogen-bond donors (Lipinski definition) is 1. The minimum absolute atomic E-state index is 0.0923. The maximum Gasteiger partial charge on any atom is 0.255 e. The van der Waals surface area contributed by atoms with E-state index in [2.05, 4.69) is 30.1 Å². The molecule has 6 nitrogen and oxygen atoms in total. The lowest BCUT2D eigenvalue weighted by Crippen LogP contribution is -2.52. The topological polar surface area (TPSA) is 69.7 Å². The van der Waals surface area contributed by atoms with E-state index >= 15 is 0 Å². The van der Waals surface area contributed by atoms with Crippen molar-refractivity contribution in [2.24, 2.45) is 0 Å². The van der Waals surface area contributed by atoms with Gasteiger partial charge in [-0.05, 0) is 43.0 Å². The SMILES string of the molecule is CC(C)N1Cc2cc3c(cc2C1)C(=O)N(C1CCC(=O)NC1=O)C3. The summed E-state index contributed by atoms with van der Waals surface area (Å²) in [5, 5.41) is 2.34. The van der Waals surface area contributed by atoms with E-state index in [4.69, 9.17) is 0 Å². The zero-order valence-corrected chi connectivity index (χ0v) is 14.0. The highest BCUT2D eigenvalue weighted by Crippen LogP contribution is 2.33. The van der Waals surface area contributed by atoms with Crippen LogP contribution in [-0.2, 0) is 29.2 Å². The van der Waals surface area contributed by atoms with Gasteiger partial charge in [-0.3, -0.25) is 24.6 Å². The van der Waals surface area contributed by atoms with Crippen LogP contribution in [0.3, 0.4) is 0 Å². The summed E-state index contributed by atoms with van der Waals surface area (Å²) in [6.07, 6.45) is 0.696. The normalized spacial score (nSPS) is 23.7. The van der Waals surface area contributed by atoms with Gasteiger partial charge in [0.2, 0.25) is 11.8 Å². The molecule has 3 aliphatic rings. The lowest BCUT2D eigenvalue weighted by atomic mass is 10.0. The smallest absolute Gasteiger partial charge is 0.255 e. The fourth-order valence-corrected chi connectivity index (χ4v) is 3.86. The van der Waals surface area contributed by atoms with Gasteiger partial charge in [0, 0.05) is 37.7 Å². The molecule has 6 heteroatoms. The van der Waals surface area contributed by atoms with Gasteiger partial charge in [-0.25, -0.2) is 0 Å². The predicted molar refractivity (Wildman–Crippen MR) is 86.9 cm³/mol. The van der Waals surface area contributed by atoms with E-state index < -0.39 is 6.04 Å². The Hall–Kier alpha value is -2.21. The molecule has 0 radical (unpaired) electrons. The molecule has 1 aromatic rings. The number of nitrogens with zero attached hydrogens (tertiary/aromatic N) is 2.